The SMILES string of the molecule is Nc1cccc(Cn2ccnc2-c2ccc(Cl)c(Cl)c2)c1. The Kier molecular flexibility index (Phi) is 3.86. The van der Waals surface area contributed by atoms with E-state index < -0.39 is 0 Å². The highest BCUT2D eigenvalue weighted by Crippen LogP contribution is 2.28. The molecule has 0 aliphatic heterocycles. The molecular formula is C16H13Cl2N3. The van der Waals surface area contributed by atoms with Crippen molar-refractivity contribution in [2.24, 2.45) is 0 Å². The van der Waals surface area contributed by atoms with Crippen molar-refractivity contribution < 1.29 is 0 Å². The second kappa shape index (κ2) is 5.80. The molecule has 3 nitrogen and oxygen atoms in total. The van der Waals surface area contributed by atoms with E-state index in [0.29, 0.717) is 16.6 Å². The van der Waals surface area contributed by atoms with Crippen molar-refractivity contribution >= 4 is 28.9 Å². The first-order valence-electron chi connectivity index (χ1n) is 6.44. The summed E-state index contributed by atoms with van der Waals surface area (Å²) in [5.41, 5.74) is 8.62. The van der Waals surface area contributed by atoms with Crippen molar-refractivity contribution in [3.8, 4) is 11.4 Å². The van der Waals surface area contributed by atoms with Gasteiger partial charge in [-0.15, -0.1) is 0 Å². The summed E-state index contributed by atoms with van der Waals surface area (Å²) < 4.78 is 2.05. The fourth-order valence-electron chi connectivity index (χ4n) is 2.22. The van der Waals surface area contributed by atoms with Crippen LogP contribution >= 0.6 is 23.2 Å². The van der Waals surface area contributed by atoms with Gasteiger partial charge in [0.1, 0.15) is 5.82 Å². The van der Waals surface area contributed by atoms with E-state index in [2.05, 4.69) is 4.98 Å². The van der Waals surface area contributed by atoms with E-state index in [4.69, 9.17) is 28.9 Å². The van der Waals surface area contributed by atoms with E-state index in [-0.39, 0.29) is 0 Å². The lowest BCUT2D eigenvalue weighted by atomic mass is 10.2. The summed E-state index contributed by atoms with van der Waals surface area (Å²) in [6.45, 7) is 0.695. The molecule has 0 saturated heterocycles. The Hall–Kier alpha value is -1.97. The van der Waals surface area contributed by atoms with Gasteiger partial charge in [-0.05, 0) is 35.9 Å². The number of anilines is 1. The highest BCUT2D eigenvalue weighted by Gasteiger charge is 2.08. The smallest absolute Gasteiger partial charge is 0.140 e. The largest absolute Gasteiger partial charge is 0.399 e. The van der Waals surface area contributed by atoms with Crippen molar-refractivity contribution in [2.75, 3.05) is 5.73 Å². The Balaban J connectivity index is 1.95. The summed E-state index contributed by atoms with van der Waals surface area (Å²) in [4.78, 5) is 4.41. The number of nitrogens with zero attached hydrogens (tertiary/aromatic N) is 2. The number of halogens is 2. The summed E-state index contributed by atoms with van der Waals surface area (Å²) >= 11 is 12.0. The van der Waals surface area contributed by atoms with E-state index in [0.717, 1.165) is 22.6 Å². The quantitative estimate of drug-likeness (QED) is 0.723. The molecule has 106 valence electrons. The molecule has 0 aliphatic rings. The number of rotatable bonds is 3. The minimum atomic E-state index is 0.521. The lowest BCUT2D eigenvalue weighted by Crippen LogP contribution is -2.01. The predicted molar refractivity (Wildman–Crippen MR) is 87.6 cm³/mol. The van der Waals surface area contributed by atoms with E-state index >= 15 is 0 Å². The minimum Gasteiger partial charge on any atom is -0.399 e. The second-order valence-electron chi connectivity index (χ2n) is 4.75. The molecule has 2 aromatic carbocycles. The van der Waals surface area contributed by atoms with Crippen LogP contribution in [0.5, 0.6) is 0 Å². The zero-order chi connectivity index (χ0) is 14.8. The van der Waals surface area contributed by atoms with Gasteiger partial charge in [-0.2, -0.15) is 0 Å². The Labute approximate surface area is 132 Å². The zero-order valence-corrected chi connectivity index (χ0v) is 12.6. The summed E-state index contributed by atoms with van der Waals surface area (Å²) in [5, 5.41) is 1.06. The van der Waals surface area contributed by atoms with Crippen LogP contribution in [0.1, 0.15) is 5.56 Å². The van der Waals surface area contributed by atoms with Gasteiger partial charge in [0, 0.05) is 30.2 Å². The first-order valence-corrected chi connectivity index (χ1v) is 7.20. The number of imidazole rings is 1. The molecule has 5 heteroatoms. The molecule has 3 aromatic rings. The number of benzene rings is 2. The number of nitrogens with two attached hydrogens (primary N) is 1. The third kappa shape index (κ3) is 3.04. The van der Waals surface area contributed by atoms with Gasteiger partial charge in [-0.3, -0.25) is 0 Å². The molecule has 0 aliphatic carbocycles. The Morgan fingerprint density at radius 1 is 1.05 bits per heavy atom. The first kappa shape index (κ1) is 14.0. The zero-order valence-electron chi connectivity index (χ0n) is 11.1. The number of hydrogen-bond acceptors (Lipinski definition) is 2. The average molecular weight is 318 g/mol. The van der Waals surface area contributed by atoms with Gasteiger partial charge in [0.05, 0.1) is 10.0 Å². The topological polar surface area (TPSA) is 43.8 Å². The van der Waals surface area contributed by atoms with Gasteiger partial charge >= 0.3 is 0 Å². The molecular weight excluding hydrogens is 305 g/mol. The van der Waals surface area contributed by atoms with Crippen molar-refractivity contribution in [2.45, 2.75) is 6.54 Å². The molecule has 0 atom stereocenters. The van der Waals surface area contributed by atoms with E-state index in [1.807, 2.05) is 47.2 Å². The third-order valence-electron chi connectivity index (χ3n) is 3.20. The van der Waals surface area contributed by atoms with Crippen LogP contribution in [0, 0.1) is 0 Å². The normalized spacial score (nSPS) is 10.8. The molecule has 0 amide bonds. The van der Waals surface area contributed by atoms with Crippen LogP contribution in [0.3, 0.4) is 0 Å². The van der Waals surface area contributed by atoms with Gasteiger partial charge in [0.2, 0.25) is 0 Å². The van der Waals surface area contributed by atoms with Crippen LogP contribution in [-0.4, -0.2) is 9.55 Å². The van der Waals surface area contributed by atoms with Crippen LogP contribution < -0.4 is 5.73 Å². The van der Waals surface area contributed by atoms with Crippen molar-refractivity contribution in [3.05, 3.63) is 70.5 Å². The van der Waals surface area contributed by atoms with E-state index in [9.17, 15) is 0 Å². The number of hydrogen-bond donors (Lipinski definition) is 1. The summed E-state index contributed by atoms with van der Waals surface area (Å²) in [6, 6.07) is 13.3. The fraction of sp³-hybridized carbons (Fsp3) is 0.0625. The molecule has 0 spiro atoms. The summed E-state index contributed by atoms with van der Waals surface area (Å²) in [6.07, 6.45) is 3.70. The van der Waals surface area contributed by atoms with Crippen LogP contribution in [0.25, 0.3) is 11.4 Å². The van der Waals surface area contributed by atoms with E-state index in [1.165, 1.54) is 0 Å². The molecule has 0 radical (unpaired) electrons. The maximum atomic E-state index is 6.08. The molecule has 1 aromatic heterocycles. The first-order chi connectivity index (χ1) is 10.1. The molecule has 1 heterocycles. The highest BCUT2D eigenvalue weighted by atomic mass is 35.5. The molecule has 0 unspecified atom stereocenters. The Morgan fingerprint density at radius 2 is 1.90 bits per heavy atom. The molecule has 3 rings (SSSR count). The van der Waals surface area contributed by atoms with Crippen LogP contribution in [0.4, 0.5) is 5.69 Å². The minimum absolute atomic E-state index is 0.521. The molecule has 0 bridgehead atoms. The molecule has 21 heavy (non-hydrogen) atoms. The molecule has 0 saturated carbocycles. The van der Waals surface area contributed by atoms with Crippen LogP contribution in [0.2, 0.25) is 10.0 Å². The highest BCUT2D eigenvalue weighted by molar-refractivity contribution is 6.42. The van der Waals surface area contributed by atoms with Crippen molar-refractivity contribution in [1.29, 1.82) is 0 Å². The molecule has 2 N–H and O–H groups in total. The van der Waals surface area contributed by atoms with Crippen LogP contribution in [-0.2, 0) is 6.54 Å². The monoisotopic (exact) mass is 317 g/mol. The van der Waals surface area contributed by atoms with E-state index in [1.54, 1.807) is 12.3 Å². The Bertz CT molecular complexity index is 781. The van der Waals surface area contributed by atoms with Crippen molar-refractivity contribution in [1.82, 2.24) is 9.55 Å². The Morgan fingerprint density at radius 3 is 2.67 bits per heavy atom. The maximum Gasteiger partial charge on any atom is 0.140 e. The summed E-state index contributed by atoms with van der Waals surface area (Å²) in [7, 11) is 0. The van der Waals surface area contributed by atoms with Gasteiger partial charge < -0.3 is 10.3 Å². The lowest BCUT2D eigenvalue weighted by molar-refractivity contribution is 0.807. The maximum absolute atomic E-state index is 6.08. The van der Waals surface area contributed by atoms with Crippen molar-refractivity contribution in [3.63, 3.8) is 0 Å². The number of nitrogen functional groups attached to an aromatic ring is 1. The number of aromatic nitrogens is 2. The van der Waals surface area contributed by atoms with Crippen LogP contribution in [0.15, 0.2) is 54.9 Å². The van der Waals surface area contributed by atoms with Gasteiger partial charge in [-0.25, -0.2) is 4.98 Å². The van der Waals surface area contributed by atoms with Gasteiger partial charge in [-0.1, -0.05) is 35.3 Å². The molecule has 0 fully saturated rings. The van der Waals surface area contributed by atoms with Gasteiger partial charge in [0.25, 0.3) is 0 Å². The predicted octanol–water partition coefficient (Wildman–Crippen LogP) is 4.49. The standard InChI is InChI=1S/C16H13Cl2N3/c17-14-5-4-12(9-15(14)18)16-20-6-7-21(16)10-11-2-1-3-13(19)8-11/h1-9H,10,19H2. The summed E-state index contributed by atoms with van der Waals surface area (Å²) in [5.74, 6) is 0.844. The van der Waals surface area contributed by atoms with Gasteiger partial charge in [0.15, 0.2) is 0 Å². The third-order valence-corrected chi connectivity index (χ3v) is 3.94. The fourth-order valence-corrected chi connectivity index (χ4v) is 2.52. The average Bonchev–Trinajstić information content (AvgIpc) is 2.90. The lowest BCUT2D eigenvalue weighted by Gasteiger charge is -2.09. The second-order valence-corrected chi connectivity index (χ2v) is 5.57.